The topological polar surface area (TPSA) is 69.7 Å². The molecule has 1 unspecified atom stereocenters. The van der Waals surface area contributed by atoms with Gasteiger partial charge in [-0.05, 0) is 53.8 Å². The molecule has 2 aromatic rings. The minimum absolute atomic E-state index is 0. The molecule has 3 heterocycles. The second-order valence-electron chi connectivity index (χ2n) is 7.65. The van der Waals surface area contributed by atoms with Crippen molar-refractivity contribution in [3.63, 3.8) is 0 Å². The van der Waals surface area contributed by atoms with E-state index in [0.717, 1.165) is 12.8 Å². The molecule has 0 spiro atoms. The van der Waals surface area contributed by atoms with Gasteiger partial charge in [0.15, 0.2) is 5.78 Å². The number of thiophene rings is 1. The lowest BCUT2D eigenvalue weighted by Crippen LogP contribution is -2.50. The van der Waals surface area contributed by atoms with Gasteiger partial charge in [-0.25, -0.2) is 4.79 Å². The molecule has 4 rings (SSSR count). The average molecular weight is 446 g/mol. The van der Waals surface area contributed by atoms with Crippen molar-refractivity contribution in [1.29, 1.82) is 0 Å². The molecule has 1 N–H and O–H groups in total. The minimum atomic E-state index is -0.540. The molecule has 3 amide bonds. The number of carbonyl (C=O) groups is 3. The van der Waals surface area contributed by atoms with Crippen molar-refractivity contribution in [2.24, 2.45) is 0 Å². The van der Waals surface area contributed by atoms with Gasteiger partial charge in [-0.2, -0.15) is 24.8 Å². The standard InChI is InChI=1S/C22H25N3O3S.H2S/c1-2-17(12-15-9-11-29-14-15)23-22(28)24-10-8-18-20(24)19(26)13-25(18)21(27)16-6-4-3-5-7-16;/h3-7,9,11,14,17-18,20H,2,8,10,12-13H2,1H3,(H,23,28);1H2/t17?,18-,20+;/m1./s1. The van der Waals surface area contributed by atoms with E-state index in [-0.39, 0.29) is 49.8 Å². The van der Waals surface area contributed by atoms with Crippen LogP contribution in [0.15, 0.2) is 47.2 Å². The second-order valence-corrected chi connectivity index (χ2v) is 8.43. The molecule has 3 atom stereocenters. The number of hydrogen-bond donors (Lipinski definition) is 1. The number of benzene rings is 1. The van der Waals surface area contributed by atoms with Gasteiger partial charge in [0.1, 0.15) is 6.04 Å². The molecule has 0 radical (unpaired) electrons. The van der Waals surface area contributed by atoms with Crippen molar-refractivity contribution in [1.82, 2.24) is 15.1 Å². The van der Waals surface area contributed by atoms with Gasteiger partial charge in [0.05, 0.1) is 12.6 Å². The van der Waals surface area contributed by atoms with Gasteiger partial charge in [-0.3, -0.25) is 9.59 Å². The Balaban J connectivity index is 0.00000256. The number of hydrogen-bond acceptors (Lipinski definition) is 4. The quantitative estimate of drug-likeness (QED) is 0.769. The summed E-state index contributed by atoms with van der Waals surface area (Å²) in [5, 5.41) is 7.22. The summed E-state index contributed by atoms with van der Waals surface area (Å²) >= 11 is 1.64. The Hall–Kier alpha value is -2.32. The van der Waals surface area contributed by atoms with Crippen LogP contribution in [0.4, 0.5) is 4.79 Å². The molecule has 2 saturated heterocycles. The van der Waals surface area contributed by atoms with Crippen LogP contribution in [0.5, 0.6) is 0 Å². The van der Waals surface area contributed by atoms with E-state index in [2.05, 4.69) is 16.8 Å². The lowest BCUT2D eigenvalue weighted by molar-refractivity contribution is -0.119. The third kappa shape index (κ3) is 4.39. The van der Waals surface area contributed by atoms with Crippen LogP contribution in [-0.2, 0) is 11.2 Å². The lowest BCUT2D eigenvalue weighted by Gasteiger charge is -2.26. The molecule has 1 aromatic heterocycles. The van der Waals surface area contributed by atoms with Gasteiger partial charge in [-0.1, -0.05) is 25.1 Å². The molecule has 8 heteroatoms. The fourth-order valence-electron chi connectivity index (χ4n) is 4.31. The van der Waals surface area contributed by atoms with E-state index in [1.54, 1.807) is 33.3 Å². The van der Waals surface area contributed by atoms with E-state index in [0.29, 0.717) is 18.5 Å². The number of likely N-dealkylation sites (tertiary alicyclic amines) is 2. The molecule has 2 fully saturated rings. The number of amides is 3. The Morgan fingerprint density at radius 2 is 1.97 bits per heavy atom. The summed E-state index contributed by atoms with van der Waals surface area (Å²) in [6.07, 6.45) is 2.22. The first kappa shape index (κ1) is 22.4. The number of nitrogens with zero attached hydrogens (tertiary/aromatic N) is 2. The van der Waals surface area contributed by atoms with E-state index in [4.69, 9.17) is 0 Å². The largest absolute Gasteiger partial charge is 0.335 e. The molecule has 0 bridgehead atoms. The molecule has 1 aromatic carbocycles. The van der Waals surface area contributed by atoms with Crippen molar-refractivity contribution in [2.75, 3.05) is 13.1 Å². The Morgan fingerprint density at radius 1 is 1.20 bits per heavy atom. The average Bonchev–Trinajstić information content (AvgIpc) is 3.46. The van der Waals surface area contributed by atoms with Crippen LogP contribution in [0.1, 0.15) is 35.7 Å². The smallest absolute Gasteiger partial charge is 0.318 e. The summed E-state index contributed by atoms with van der Waals surface area (Å²) in [6, 6.07) is 10.1. The third-order valence-electron chi connectivity index (χ3n) is 5.85. The maximum atomic E-state index is 12.9. The summed E-state index contributed by atoms with van der Waals surface area (Å²) in [5.41, 5.74) is 1.78. The molecule has 6 nitrogen and oxygen atoms in total. The van der Waals surface area contributed by atoms with Crippen LogP contribution < -0.4 is 5.32 Å². The highest BCUT2D eigenvalue weighted by Crippen LogP contribution is 2.31. The number of rotatable bonds is 5. The highest BCUT2D eigenvalue weighted by Gasteiger charge is 2.51. The van der Waals surface area contributed by atoms with E-state index in [1.165, 1.54) is 5.56 Å². The van der Waals surface area contributed by atoms with E-state index >= 15 is 0 Å². The van der Waals surface area contributed by atoms with Crippen molar-refractivity contribution >= 4 is 42.6 Å². The molecular formula is C22H27N3O3S2. The van der Waals surface area contributed by atoms with Gasteiger partial charge in [-0.15, -0.1) is 0 Å². The van der Waals surface area contributed by atoms with Crippen LogP contribution in [0.25, 0.3) is 0 Å². The second kappa shape index (κ2) is 9.66. The van der Waals surface area contributed by atoms with Gasteiger partial charge in [0.25, 0.3) is 5.91 Å². The van der Waals surface area contributed by atoms with E-state index in [1.807, 2.05) is 30.5 Å². The summed E-state index contributed by atoms with van der Waals surface area (Å²) in [4.78, 5) is 41.8. The maximum Gasteiger partial charge on any atom is 0.318 e. The fraction of sp³-hybridized carbons (Fsp3) is 0.409. The Labute approximate surface area is 187 Å². The summed E-state index contributed by atoms with van der Waals surface area (Å²) in [5.74, 6) is -0.199. The number of ketones is 1. The molecule has 2 aliphatic rings. The Morgan fingerprint density at radius 3 is 2.63 bits per heavy atom. The van der Waals surface area contributed by atoms with Crippen LogP contribution in [-0.4, -0.2) is 58.7 Å². The van der Waals surface area contributed by atoms with Crippen LogP contribution >= 0.6 is 24.8 Å². The SMILES string of the molecule is CCC(Cc1ccsc1)NC(=O)N1CC[C@@H]2[C@H]1C(=O)CN2C(=O)c1ccccc1.S. The van der Waals surface area contributed by atoms with Crippen molar-refractivity contribution < 1.29 is 14.4 Å². The Bertz CT molecular complexity index is 888. The Kier molecular flexibility index (Phi) is 7.20. The van der Waals surface area contributed by atoms with E-state index < -0.39 is 6.04 Å². The van der Waals surface area contributed by atoms with Gasteiger partial charge >= 0.3 is 6.03 Å². The summed E-state index contributed by atoms with van der Waals surface area (Å²) < 4.78 is 0. The van der Waals surface area contributed by atoms with Crippen LogP contribution in [0, 0.1) is 0 Å². The molecule has 0 saturated carbocycles. The van der Waals surface area contributed by atoms with Gasteiger partial charge in [0, 0.05) is 18.2 Å². The highest BCUT2D eigenvalue weighted by molar-refractivity contribution is 7.59. The summed E-state index contributed by atoms with van der Waals surface area (Å²) in [6.45, 7) is 2.60. The van der Waals surface area contributed by atoms with E-state index in [9.17, 15) is 14.4 Å². The zero-order chi connectivity index (χ0) is 20.4. The molecule has 160 valence electrons. The first-order chi connectivity index (χ1) is 14.1. The number of carbonyl (C=O) groups excluding carboxylic acids is 3. The van der Waals surface area contributed by atoms with Crippen molar-refractivity contribution in [2.45, 2.75) is 44.3 Å². The first-order valence-electron chi connectivity index (χ1n) is 10.1. The number of urea groups is 1. The monoisotopic (exact) mass is 445 g/mol. The van der Waals surface area contributed by atoms with Crippen molar-refractivity contribution in [3.05, 3.63) is 58.3 Å². The highest BCUT2D eigenvalue weighted by atomic mass is 32.1. The molecule has 0 aliphatic carbocycles. The third-order valence-corrected chi connectivity index (χ3v) is 6.58. The lowest BCUT2D eigenvalue weighted by atomic mass is 10.1. The first-order valence-corrected chi connectivity index (χ1v) is 11.0. The zero-order valence-corrected chi connectivity index (χ0v) is 18.7. The maximum absolute atomic E-state index is 12.9. The normalized spacial score (nSPS) is 21.2. The summed E-state index contributed by atoms with van der Waals surface area (Å²) in [7, 11) is 0. The van der Waals surface area contributed by atoms with Crippen molar-refractivity contribution in [3.8, 4) is 0 Å². The minimum Gasteiger partial charge on any atom is -0.335 e. The molecular weight excluding hydrogens is 418 g/mol. The number of fused-ring (bicyclic) bond motifs is 1. The number of Topliss-reactive ketones (excluding diaryl/α,β-unsaturated/α-hetero) is 1. The number of nitrogens with one attached hydrogen (secondary N) is 1. The predicted molar refractivity (Wildman–Crippen MR) is 122 cm³/mol. The predicted octanol–water partition coefficient (Wildman–Crippen LogP) is 3.06. The molecule has 30 heavy (non-hydrogen) atoms. The molecule has 2 aliphatic heterocycles. The van der Waals surface area contributed by atoms with Gasteiger partial charge in [0.2, 0.25) is 0 Å². The van der Waals surface area contributed by atoms with Crippen LogP contribution in [0.2, 0.25) is 0 Å². The van der Waals surface area contributed by atoms with Crippen LogP contribution in [0.3, 0.4) is 0 Å². The zero-order valence-electron chi connectivity index (χ0n) is 16.9. The fourth-order valence-corrected chi connectivity index (χ4v) is 5.00. The van der Waals surface area contributed by atoms with Gasteiger partial charge < -0.3 is 15.1 Å².